The quantitative estimate of drug-likeness (QED) is 0.771. The molecule has 0 aromatic carbocycles. The molecule has 29 heavy (non-hydrogen) atoms. The van der Waals surface area contributed by atoms with Crippen molar-refractivity contribution in [1.82, 2.24) is 20.2 Å². The van der Waals surface area contributed by atoms with Crippen LogP contribution in [0.3, 0.4) is 0 Å². The average Bonchev–Trinajstić information content (AvgIpc) is 2.75. The van der Waals surface area contributed by atoms with Crippen LogP contribution in [0.15, 0.2) is 12.3 Å². The Morgan fingerprint density at radius 2 is 1.90 bits per heavy atom. The lowest BCUT2D eigenvalue weighted by molar-refractivity contribution is -0.123. The number of methoxy groups -OCH3 is 1. The molecular weight excluding hydrogens is 374 g/mol. The predicted octanol–water partition coefficient (Wildman–Crippen LogP) is 1.83. The van der Waals surface area contributed by atoms with E-state index in [1.54, 1.807) is 25.1 Å². The van der Waals surface area contributed by atoms with Crippen LogP contribution in [0.1, 0.15) is 39.0 Å². The second-order valence-electron chi connectivity index (χ2n) is 7.56. The lowest BCUT2D eigenvalue weighted by Gasteiger charge is -2.34. The zero-order valence-corrected chi connectivity index (χ0v) is 17.3. The van der Waals surface area contributed by atoms with E-state index in [-0.39, 0.29) is 18.0 Å². The summed E-state index contributed by atoms with van der Waals surface area (Å²) in [6.45, 7) is 5.19. The van der Waals surface area contributed by atoms with Gasteiger partial charge in [0, 0.05) is 44.8 Å². The van der Waals surface area contributed by atoms with Gasteiger partial charge in [0.15, 0.2) is 0 Å². The molecule has 0 radical (unpaired) electrons. The van der Waals surface area contributed by atoms with Crippen LogP contribution in [0.5, 0.6) is 6.01 Å². The highest BCUT2D eigenvalue weighted by Gasteiger charge is 2.27. The van der Waals surface area contributed by atoms with Crippen molar-refractivity contribution in [2.45, 2.75) is 45.1 Å². The van der Waals surface area contributed by atoms with Crippen molar-refractivity contribution in [1.29, 1.82) is 0 Å². The van der Waals surface area contributed by atoms with Gasteiger partial charge in [0.05, 0.1) is 13.7 Å². The molecule has 160 valence electrons. The minimum atomic E-state index is -0.259. The summed E-state index contributed by atoms with van der Waals surface area (Å²) in [6, 6.07) is 2.40. The summed E-state index contributed by atoms with van der Waals surface area (Å²) in [5, 5.41) is 3.15. The Morgan fingerprint density at radius 1 is 1.17 bits per heavy atom. The maximum absolute atomic E-state index is 12.5. The number of rotatable bonds is 6. The Hall–Kier alpha value is -2.58. The number of carbonyl (C=O) groups is 2. The first-order valence-electron chi connectivity index (χ1n) is 10.4. The minimum absolute atomic E-state index is 0.113. The van der Waals surface area contributed by atoms with Gasteiger partial charge in [-0.2, -0.15) is 4.98 Å². The third kappa shape index (κ3) is 5.95. The Morgan fingerprint density at radius 3 is 2.55 bits per heavy atom. The summed E-state index contributed by atoms with van der Waals surface area (Å²) in [6.07, 6.45) is 5.47. The Labute approximate surface area is 171 Å². The number of likely N-dealkylation sites (tertiary alicyclic amines) is 1. The van der Waals surface area contributed by atoms with Crippen molar-refractivity contribution >= 4 is 17.8 Å². The maximum atomic E-state index is 12.5. The van der Waals surface area contributed by atoms with E-state index in [1.807, 2.05) is 6.07 Å². The molecule has 3 heterocycles. The molecule has 0 aliphatic carbocycles. The molecule has 1 aromatic rings. The number of hydrogen-bond donors (Lipinski definition) is 1. The lowest BCUT2D eigenvalue weighted by Crippen LogP contribution is -2.47. The van der Waals surface area contributed by atoms with Crippen LogP contribution in [0, 0.1) is 5.92 Å². The predicted molar refractivity (Wildman–Crippen MR) is 108 cm³/mol. The van der Waals surface area contributed by atoms with Gasteiger partial charge >= 0.3 is 12.1 Å². The number of ether oxygens (including phenoxy) is 2. The summed E-state index contributed by atoms with van der Waals surface area (Å²) >= 11 is 0. The average molecular weight is 405 g/mol. The summed E-state index contributed by atoms with van der Waals surface area (Å²) in [5.74, 6) is 1.37. The Balaban J connectivity index is 1.37. The molecule has 3 rings (SSSR count). The number of nitrogens with one attached hydrogen (secondary N) is 1. The molecular formula is C20H31N5O4. The van der Waals surface area contributed by atoms with Gasteiger partial charge in [0.25, 0.3) is 0 Å². The number of carbonyl (C=O) groups excluding carboxylic acids is 2. The molecule has 1 aromatic heterocycles. The van der Waals surface area contributed by atoms with Crippen molar-refractivity contribution in [3.05, 3.63) is 12.3 Å². The second kappa shape index (κ2) is 10.3. The van der Waals surface area contributed by atoms with Crippen LogP contribution >= 0.6 is 0 Å². The Bertz CT molecular complexity index is 685. The molecule has 0 bridgehead atoms. The summed E-state index contributed by atoms with van der Waals surface area (Å²) in [4.78, 5) is 36.6. The maximum Gasteiger partial charge on any atom is 0.409 e. The zero-order valence-electron chi connectivity index (χ0n) is 17.3. The number of amides is 2. The van der Waals surface area contributed by atoms with E-state index in [1.165, 1.54) is 0 Å². The lowest BCUT2D eigenvalue weighted by atomic mass is 9.93. The normalized spacial score (nSPS) is 18.4. The second-order valence-corrected chi connectivity index (χ2v) is 7.56. The van der Waals surface area contributed by atoms with Crippen LogP contribution in [0.4, 0.5) is 10.6 Å². The number of hydrogen-bond acceptors (Lipinski definition) is 7. The minimum Gasteiger partial charge on any atom is -0.467 e. The van der Waals surface area contributed by atoms with Crippen LogP contribution in [-0.4, -0.2) is 72.8 Å². The third-order valence-corrected chi connectivity index (χ3v) is 5.60. The van der Waals surface area contributed by atoms with E-state index in [2.05, 4.69) is 20.2 Å². The van der Waals surface area contributed by atoms with E-state index in [0.717, 1.165) is 44.6 Å². The van der Waals surface area contributed by atoms with Crippen molar-refractivity contribution in [3.8, 4) is 6.01 Å². The number of piperidine rings is 2. The monoisotopic (exact) mass is 405 g/mol. The number of anilines is 1. The zero-order chi connectivity index (χ0) is 20.6. The number of aromatic nitrogens is 2. The van der Waals surface area contributed by atoms with Crippen LogP contribution in [-0.2, 0) is 9.53 Å². The highest BCUT2D eigenvalue weighted by Crippen LogP contribution is 2.25. The molecule has 2 aliphatic heterocycles. The van der Waals surface area contributed by atoms with Gasteiger partial charge in [-0.1, -0.05) is 0 Å². The van der Waals surface area contributed by atoms with E-state index in [0.29, 0.717) is 38.0 Å². The molecule has 2 aliphatic rings. The number of nitrogens with zero attached hydrogens (tertiary/aromatic N) is 4. The highest BCUT2D eigenvalue weighted by molar-refractivity contribution is 5.76. The molecule has 2 fully saturated rings. The van der Waals surface area contributed by atoms with E-state index in [9.17, 15) is 9.59 Å². The van der Waals surface area contributed by atoms with Crippen LogP contribution < -0.4 is 15.0 Å². The molecule has 9 heteroatoms. The highest BCUT2D eigenvalue weighted by atomic mass is 16.6. The molecule has 0 atom stereocenters. The largest absolute Gasteiger partial charge is 0.467 e. The van der Waals surface area contributed by atoms with Crippen molar-refractivity contribution < 1.29 is 19.1 Å². The molecule has 0 spiro atoms. The van der Waals surface area contributed by atoms with E-state index < -0.39 is 0 Å². The summed E-state index contributed by atoms with van der Waals surface area (Å²) in [5.41, 5.74) is 0. The first-order valence-corrected chi connectivity index (χ1v) is 10.4. The van der Waals surface area contributed by atoms with E-state index >= 15 is 0 Å². The summed E-state index contributed by atoms with van der Waals surface area (Å²) < 4.78 is 10.1. The van der Waals surface area contributed by atoms with Gasteiger partial charge in [-0.25, -0.2) is 9.78 Å². The first-order chi connectivity index (χ1) is 14.1. The van der Waals surface area contributed by atoms with Gasteiger partial charge in [0.1, 0.15) is 5.82 Å². The van der Waals surface area contributed by atoms with Gasteiger partial charge in [-0.3, -0.25) is 4.79 Å². The van der Waals surface area contributed by atoms with Crippen molar-refractivity contribution in [2.75, 3.05) is 44.8 Å². The molecule has 1 N–H and O–H groups in total. The van der Waals surface area contributed by atoms with Crippen molar-refractivity contribution in [2.24, 2.45) is 5.92 Å². The Kier molecular flexibility index (Phi) is 7.48. The third-order valence-electron chi connectivity index (χ3n) is 5.60. The molecule has 9 nitrogen and oxygen atoms in total. The van der Waals surface area contributed by atoms with Crippen molar-refractivity contribution in [3.63, 3.8) is 0 Å². The fourth-order valence-corrected chi connectivity index (χ4v) is 3.94. The molecule has 2 amide bonds. The van der Waals surface area contributed by atoms with Gasteiger partial charge in [-0.05, 0) is 44.6 Å². The summed E-state index contributed by atoms with van der Waals surface area (Å²) in [7, 11) is 1.56. The molecule has 2 saturated heterocycles. The topological polar surface area (TPSA) is 96.9 Å². The van der Waals surface area contributed by atoms with Gasteiger partial charge in [-0.15, -0.1) is 0 Å². The van der Waals surface area contributed by atoms with Gasteiger partial charge < -0.3 is 24.6 Å². The molecule has 0 unspecified atom stereocenters. The fraction of sp³-hybridized carbons (Fsp3) is 0.700. The first kappa shape index (κ1) is 21.1. The smallest absolute Gasteiger partial charge is 0.409 e. The van der Waals surface area contributed by atoms with E-state index in [4.69, 9.17) is 9.47 Å². The van der Waals surface area contributed by atoms with Crippen LogP contribution in [0.2, 0.25) is 0 Å². The SMILES string of the molecule is CCOC(=O)N1CCC(NC(=O)CC2CCN(c3ccnc(OC)n3)CC2)CC1. The fourth-order valence-electron chi connectivity index (χ4n) is 3.94. The van der Waals surface area contributed by atoms with Gasteiger partial charge in [0.2, 0.25) is 5.91 Å². The van der Waals surface area contributed by atoms with Crippen LogP contribution in [0.25, 0.3) is 0 Å². The standard InChI is InChI=1S/C20H31N5O4/c1-3-29-20(27)25-12-7-16(8-13-25)22-18(26)14-15-5-10-24(11-6-15)17-4-9-21-19(23-17)28-2/h4,9,15-16H,3,5-8,10-14H2,1-2H3,(H,22,26). The molecule has 0 saturated carbocycles.